The van der Waals surface area contributed by atoms with Crippen molar-refractivity contribution < 1.29 is 9.53 Å². The normalized spacial score (nSPS) is 13.4. The van der Waals surface area contributed by atoms with Crippen molar-refractivity contribution in [3.63, 3.8) is 0 Å². The summed E-state index contributed by atoms with van der Waals surface area (Å²) < 4.78 is 5.17. The van der Waals surface area contributed by atoms with Gasteiger partial charge in [-0.2, -0.15) is 0 Å². The highest BCUT2D eigenvalue weighted by molar-refractivity contribution is 5.72. The molecule has 1 aromatic rings. The van der Waals surface area contributed by atoms with E-state index in [1.54, 1.807) is 6.92 Å². The zero-order valence-corrected chi connectivity index (χ0v) is 14.8. The second-order valence-corrected chi connectivity index (χ2v) is 6.26. The third-order valence-electron chi connectivity index (χ3n) is 3.76. The molecular formula is C21H28O2. The van der Waals surface area contributed by atoms with Crippen LogP contribution in [0.2, 0.25) is 0 Å². The molecule has 0 amide bonds. The lowest BCUT2D eigenvalue weighted by atomic mass is 9.84. The Morgan fingerprint density at radius 3 is 2.43 bits per heavy atom. The van der Waals surface area contributed by atoms with Crippen molar-refractivity contribution in [2.75, 3.05) is 0 Å². The topological polar surface area (TPSA) is 26.3 Å². The van der Waals surface area contributed by atoms with Crippen LogP contribution in [0.4, 0.5) is 0 Å². The zero-order valence-electron chi connectivity index (χ0n) is 14.8. The number of allylic oxidation sites excluding steroid dienone is 4. The maximum Gasteiger partial charge on any atom is 0.310 e. The molecular weight excluding hydrogens is 284 g/mol. The highest BCUT2D eigenvalue weighted by Gasteiger charge is 2.15. The van der Waals surface area contributed by atoms with Crippen LogP contribution in [0, 0.1) is 5.41 Å². The quantitative estimate of drug-likeness (QED) is 0.336. The van der Waals surface area contributed by atoms with E-state index >= 15 is 0 Å². The summed E-state index contributed by atoms with van der Waals surface area (Å²) in [5, 5.41) is 0. The van der Waals surface area contributed by atoms with Gasteiger partial charge in [-0.05, 0) is 44.4 Å². The maximum atomic E-state index is 11.3. The van der Waals surface area contributed by atoms with Crippen LogP contribution in [0.3, 0.4) is 0 Å². The Kier molecular flexibility index (Phi) is 7.53. The lowest BCUT2D eigenvalue weighted by Gasteiger charge is -2.20. The first-order valence-electron chi connectivity index (χ1n) is 8.15. The minimum atomic E-state index is -0.216. The Morgan fingerprint density at radius 2 is 1.91 bits per heavy atom. The predicted molar refractivity (Wildman–Crippen MR) is 98.4 cm³/mol. The number of ether oxygens (including phenoxy) is 1. The molecule has 0 unspecified atom stereocenters. The van der Waals surface area contributed by atoms with Gasteiger partial charge in [-0.15, -0.1) is 6.58 Å². The Bertz CT molecular complexity index is 574. The smallest absolute Gasteiger partial charge is 0.310 e. The highest BCUT2D eigenvalue weighted by atomic mass is 16.5. The van der Waals surface area contributed by atoms with Gasteiger partial charge in [0.15, 0.2) is 0 Å². The summed E-state index contributed by atoms with van der Waals surface area (Å²) in [7, 11) is 0. The van der Waals surface area contributed by atoms with Crippen LogP contribution in [0.25, 0.3) is 6.08 Å². The molecule has 2 nitrogen and oxygen atoms in total. The van der Waals surface area contributed by atoms with Crippen LogP contribution in [-0.2, 0) is 4.79 Å². The van der Waals surface area contributed by atoms with E-state index < -0.39 is 0 Å². The molecule has 0 spiro atoms. The van der Waals surface area contributed by atoms with Gasteiger partial charge in [0.2, 0.25) is 0 Å². The molecule has 0 fully saturated rings. The van der Waals surface area contributed by atoms with Gasteiger partial charge in [0.1, 0.15) is 5.75 Å². The summed E-state index contributed by atoms with van der Waals surface area (Å²) in [6, 6.07) is 7.55. The zero-order chi connectivity index (χ0) is 17.3. The van der Waals surface area contributed by atoms with Gasteiger partial charge in [-0.25, -0.2) is 0 Å². The Balaban J connectivity index is 2.71. The van der Waals surface area contributed by atoms with Crippen LogP contribution in [-0.4, -0.2) is 5.97 Å². The third-order valence-corrected chi connectivity index (χ3v) is 3.76. The van der Waals surface area contributed by atoms with E-state index in [9.17, 15) is 4.79 Å². The fourth-order valence-electron chi connectivity index (χ4n) is 2.06. The van der Waals surface area contributed by atoms with E-state index in [1.807, 2.05) is 30.3 Å². The molecule has 0 aromatic heterocycles. The SMILES string of the molecule is C=C[C@@](C)(/C=C/c1ccc(OC(=O)CC)cc1)CCC=C(C)C. The van der Waals surface area contributed by atoms with Gasteiger partial charge >= 0.3 is 5.97 Å². The van der Waals surface area contributed by atoms with Gasteiger partial charge in [-0.3, -0.25) is 4.79 Å². The van der Waals surface area contributed by atoms with E-state index in [1.165, 1.54) is 5.57 Å². The third kappa shape index (κ3) is 7.14. The molecule has 0 aliphatic heterocycles. The number of carbonyl (C=O) groups excluding carboxylic acids is 1. The summed E-state index contributed by atoms with van der Waals surface area (Å²) in [5.41, 5.74) is 2.40. The molecule has 1 atom stereocenters. The Hall–Kier alpha value is -2.09. The van der Waals surface area contributed by atoms with Crippen LogP contribution >= 0.6 is 0 Å². The number of hydrogen-bond acceptors (Lipinski definition) is 2. The van der Waals surface area contributed by atoms with Crippen molar-refractivity contribution in [3.8, 4) is 5.75 Å². The molecule has 0 radical (unpaired) electrons. The van der Waals surface area contributed by atoms with E-state index in [4.69, 9.17) is 4.74 Å². The molecule has 1 rings (SSSR count). The molecule has 124 valence electrons. The lowest BCUT2D eigenvalue weighted by molar-refractivity contribution is -0.134. The minimum Gasteiger partial charge on any atom is -0.427 e. The number of rotatable bonds is 8. The molecule has 0 heterocycles. The van der Waals surface area contributed by atoms with Crippen molar-refractivity contribution in [2.45, 2.75) is 47.0 Å². The predicted octanol–water partition coefficient (Wildman–Crippen LogP) is 5.95. The molecule has 0 aliphatic rings. The second-order valence-electron chi connectivity index (χ2n) is 6.26. The monoisotopic (exact) mass is 312 g/mol. The molecule has 1 aromatic carbocycles. The number of hydrogen-bond donors (Lipinski definition) is 0. The van der Waals surface area contributed by atoms with Crippen molar-refractivity contribution >= 4 is 12.0 Å². The fraction of sp³-hybridized carbons (Fsp3) is 0.381. The average Bonchev–Trinajstić information content (AvgIpc) is 2.53. The summed E-state index contributed by atoms with van der Waals surface area (Å²) in [6.07, 6.45) is 11.0. The van der Waals surface area contributed by atoms with Gasteiger partial charge in [0.05, 0.1) is 0 Å². The molecule has 23 heavy (non-hydrogen) atoms. The van der Waals surface area contributed by atoms with E-state index in [0.29, 0.717) is 12.2 Å². The van der Waals surface area contributed by atoms with E-state index in [0.717, 1.165) is 18.4 Å². The molecule has 0 N–H and O–H groups in total. The van der Waals surface area contributed by atoms with Crippen molar-refractivity contribution in [2.24, 2.45) is 5.41 Å². The Labute approximate surface area is 140 Å². The number of esters is 1. The van der Waals surface area contributed by atoms with Crippen molar-refractivity contribution in [1.82, 2.24) is 0 Å². The lowest BCUT2D eigenvalue weighted by Crippen LogP contribution is -2.08. The first-order valence-corrected chi connectivity index (χ1v) is 8.15. The van der Waals surface area contributed by atoms with E-state index in [2.05, 4.69) is 45.6 Å². The van der Waals surface area contributed by atoms with Crippen LogP contribution in [0.15, 0.2) is 54.6 Å². The first-order chi connectivity index (χ1) is 10.9. The molecule has 2 heteroatoms. The summed E-state index contributed by atoms with van der Waals surface area (Å²) in [6.45, 7) is 12.2. The van der Waals surface area contributed by atoms with E-state index in [-0.39, 0.29) is 11.4 Å². The fourth-order valence-corrected chi connectivity index (χ4v) is 2.06. The second kappa shape index (κ2) is 9.14. The van der Waals surface area contributed by atoms with Gasteiger partial charge < -0.3 is 4.74 Å². The minimum absolute atomic E-state index is 0.0285. The van der Waals surface area contributed by atoms with Crippen LogP contribution in [0.1, 0.15) is 52.5 Å². The largest absolute Gasteiger partial charge is 0.427 e. The van der Waals surface area contributed by atoms with Crippen molar-refractivity contribution in [3.05, 3.63) is 60.2 Å². The average molecular weight is 312 g/mol. The van der Waals surface area contributed by atoms with Crippen molar-refractivity contribution in [1.29, 1.82) is 0 Å². The highest BCUT2D eigenvalue weighted by Crippen LogP contribution is 2.28. The number of benzene rings is 1. The summed E-state index contributed by atoms with van der Waals surface area (Å²) >= 11 is 0. The van der Waals surface area contributed by atoms with Gasteiger partial charge in [0.25, 0.3) is 0 Å². The van der Waals surface area contributed by atoms with Gasteiger partial charge in [0, 0.05) is 11.8 Å². The maximum absolute atomic E-state index is 11.3. The standard InChI is InChI=1S/C21H28O2/c1-6-20(22)23-19-12-10-18(11-13-19)14-16-21(5,7-2)15-8-9-17(3)4/h7,9-14,16H,2,6,8,15H2,1,3-5H3/b16-14+/t21-/m1/s1. The molecule has 0 aliphatic carbocycles. The molecule has 0 saturated heterocycles. The van der Waals surface area contributed by atoms with Crippen LogP contribution < -0.4 is 4.74 Å². The summed E-state index contributed by atoms with van der Waals surface area (Å²) in [4.78, 5) is 11.3. The Morgan fingerprint density at radius 1 is 1.26 bits per heavy atom. The number of carbonyl (C=O) groups is 1. The van der Waals surface area contributed by atoms with Crippen LogP contribution in [0.5, 0.6) is 5.75 Å². The summed E-state index contributed by atoms with van der Waals surface area (Å²) in [5.74, 6) is 0.371. The molecule has 0 saturated carbocycles. The molecule has 0 bridgehead atoms. The first kappa shape index (κ1) is 19.0. The van der Waals surface area contributed by atoms with Gasteiger partial charge in [-0.1, -0.05) is 55.9 Å².